The van der Waals surface area contributed by atoms with Crippen LogP contribution in [0, 0.1) is 17.5 Å². The Bertz CT molecular complexity index is 237. The largest absolute Gasteiger partial charge is 0.396 e. The van der Waals surface area contributed by atoms with Gasteiger partial charge in [0.05, 0.1) is 5.69 Å². The van der Waals surface area contributed by atoms with Crippen LogP contribution in [-0.4, -0.2) is 0 Å². The molecule has 1 nitrogen and oxygen atoms in total. The Morgan fingerprint density at radius 3 is 2.00 bits per heavy atom. The van der Waals surface area contributed by atoms with E-state index in [-0.39, 0.29) is 18.1 Å². The Hall–Kier alpha value is -0.900. The summed E-state index contributed by atoms with van der Waals surface area (Å²) >= 11 is 0. The lowest BCUT2D eigenvalue weighted by atomic mass is 10.3. The first-order chi connectivity index (χ1) is 4.63. The average Bonchev–Trinajstić information content (AvgIpc) is 1.93. The van der Waals surface area contributed by atoms with Crippen LogP contribution in [0.1, 0.15) is 0 Å². The number of rotatable bonds is 0. The molecule has 0 atom stereocenters. The van der Waals surface area contributed by atoms with Gasteiger partial charge in [0, 0.05) is 0 Å². The van der Waals surface area contributed by atoms with Gasteiger partial charge < -0.3 is 5.73 Å². The summed E-state index contributed by atoms with van der Waals surface area (Å²) in [7, 11) is 0. The fourth-order valence-electron chi connectivity index (χ4n) is 0.541. The molecule has 0 fully saturated rings. The number of halogens is 4. The van der Waals surface area contributed by atoms with E-state index < -0.39 is 17.5 Å². The van der Waals surface area contributed by atoms with Crippen LogP contribution >= 0.6 is 12.4 Å². The van der Waals surface area contributed by atoms with Gasteiger partial charge in [-0.1, -0.05) is 0 Å². The highest BCUT2D eigenvalue weighted by atomic mass is 35.5. The molecule has 0 amide bonds. The predicted molar refractivity (Wildman–Crippen MR) is 38.0 cm³/mol. The normalized spacial score (nSPS) is 9.00. The van der Waals surface area contributed by atoms with Crippen LogP contribution in [0.4, 0.5) is 18.9 Å². The van der Waals surface area contributed by atoms with E-state index in [4.69, 9.17) is 5.73 Å². The van der Waals surface area contributed by atoms with Gasteiger partial charge in [-0.2, -0.15) is 0 Å². The highest BCUT2D eigenvalue weighted by molar-refractivity contribution is 5.85. The zero-order valence-corrected chi connectivity index (χ0v) is 6.09. The maximum atomic E-state index is 12.3. The van der Waals surface area contributed by atoms with Gasteiger partial charge in [0.15, 0.2) is 17.5 Å². The smallest absolute Gasteiger partial charge is 0.196 e. The molecule has 11 heavy (non-hydrogen) atoms. The second-order valence-corrected chi connectivity index (χ2v) is 1.76. The molecule has 1 rings (SSSR count). The number of anilines is 1. The van der Waals surface area contributed by atoms with Gasteiger partial charge in [0.25, 0.3) is 0 Å². The second-order valence-electron chi connectivity index (χ2n) is 1.76. The van der Waals surface area contributed by atoms with Crippen molar-refractivity contribution < 1.29 is 13.2 Å². The summed E-state index contributed by atoms with van der Waals surface area (Å²) in [6, 6.07) is 1.74. The lowest BCUT2D eigenvalue weighted by Gasteiger charge is -1.96. The van der Waals surface area contributed by atoms with Crippen LogP contribution < -0.4 is 5.73 Å². The molecule has 0 unspecified atom stereocenters. The van der Waals surface area contributed by atoms with Crippen LogP contribution in [0.3, 0.4) is 0 Å². The Kier molecular flexibility index (Phi) is 3.19. The minimum Gasteiger partial charge on any atom is -0.396 e. The van der Waals surface area contributed by atoms with Crippen molar-refractivity contribution in [3.63, 3.8) is 0 Å². The van der Waals surface area contributed by atoms with E-state index in [1.807, 2.05) is 0 Å². The molecule has 0 aliphatic carbocycles. The topological polar surface area (TPSA) is 26.0 Å². The van der Waals surface area contributed by atoms with Crippen molar-refractivity contribution in [1.29, 1.82) is 0 Å². The molecule has 0 saturated heterocycles. The van der Waals surface area contributed by atoms with Crippen molar-refractivity contribution in [2.24, 2.45) is 0 Å². The first-order valence-corrected chi connectivity index (χ1v) is 2.52. The highest BCUT2D eigenvalue weighted by Gasteiger charge is 2.09. The third-order valence-electron chi connectivity index (χ3n) is 1.07. The molecule has 0 heterocycles. The van der Waals surface area contributed by atoms with Gasteiger partial charge in [0.1, 0.15) is 0 Å². The summed E-state index contributed by atoms with van der Waals surface area (Å²) in [5, 5.41) is 0. The molecule has 0 spiro atoms. The number of nitrogens with two attached hydrogens (primary N) is 1. The Labute approximate surface area is 67.4 Å². The number of hydrogen-bond acceptors (Lipinski definition) is 1. The maximum Gasteiger partial charge on any atom is 0.196 e. The van der Waals surface area contributed by atoms with Gasteiger partial charge >= 0.3 is 0 Å². The van der Waals surface area contributed by atoms with Gasteiger partial charge in [-0.25, -0.2) is 13.2 Å². The number of hydrogen-bond donors (Lipinski definition) is 1. The van der Waals surface area contributed by atoms with Crippen molar-refractivity contribution in [3.05, 3.63) is 29.6 Å². The third-order valence-corrected chi connectivity index (χ3v) is 1.07. The van der Waals surface area contributed by atoms with E-state index in [0.29, 0.717) is 0 Å². The fraction of sp³-hybridized carbons (Fsp3) is 0. The SMILES string of the molecule is Cl.Nc1ccc(F)c(F)c1F. The van der Waals surface area contributed by atoms with Crippen molar-refractivity contribution in [2.75, 3.05) is 5.73 Å². The van der Waals surface area contributed by atoms with Crippen molar-refractivity contribution >= 4 is 18.1 Å². The maximum absolute atomic E-state index is 12.3. The Morgan fingerprint density at radius 2 is 1.55 bits per heavy atom. The molecule has 2 N–H and O–H groups in total. The molecule has 62 valence electrons. The molecule has 1 aromatic rings. The number of benzene rings is 1. The molecule has 0 radical (unpaired) electrons. The quantitative estimate of drug-likeness (QED) is 0.484. The van der Waals surface area contributed by atoms with Gasteiger partial charge in [-0.15, -0.1) is 12.4 Å². The lowest BCUT2D eigenvalue weighted by molar-refractivity contribution is 0.449. The highest BCUT2D eigenvalue weighted by Crippen LogP contribution is 2.15. The average molecular weight is 184 g/mol. The standard InChI is InChI=1S/C6H4F3N.ClH/c7-3-1-2-4(10)6(9)5(3)8;/h1-2H,10H2;1H. The van der Waals surface area contributed by atoms with E-state index in [0.717, 1.165) is 12.1 Å². The van der Waals surface area contributed by atoms with Crippen molar-refractivity contribution in [3.8, 4) is 0 Å². The molecular weight excluding hydrogens is 179 g/mol. The van der Waals surface area contributed by atoms with Crippen LogP contribution in [0.2, 0.25) is 0 Å². The van der Waals surface area contributed by atoms with E-state index >= 15 is 0 Å². The molecule has 0 saturated carbocycles. The van der Waals surface area contributed by atoms with E-state index in [1.165, 1.54) is 0 Å². The molecule has 0 aromatic heterocycles. The van der Waals surface area contributed by atoms with E-state index in [2.05, 4.69) is 0 Å². The first kappa shape index (κ1) is 10.1. The summed E-state index contributed by atoms with van der Waals surface area (Å²) < 4.78 is 36.5. The van der Waals surface area contributed by atoms with Gasteiger partial charge in [0.2, 0.25) is 0 Å². The summed E-state index contributed by atoms with van der Waals surface area (Å²) in [5.41, 5.74) is 4.52. The van der Waals surface area contributed by atoms with E-state index in [1.54, 1.807) is 0 Å². The molecule has 5 heteroatoms. The minimum absolute atomic E-state index is 0. The molecule has 0 bridgehead atoms. The fourth-order valence-corrected chi connectivity index (χ4v) is 0.541. The summed E-state index contributed by atoms with van der Waals surface area (Å²) in [6.07, 6.45) is 0. The monoisotopic (exact) mass is 183 g/mol. The summed E-state index contributed by atoms with van der Waals surface area (Å²) in [6.45, 7) is 0. The Morgan fingerprint density at radius 1 is 1.00 bits per heavy atom. The van der Waals surface area contributed by atoms with Crippen LogP contribution in [-0.2, 0) is 0 Å². The van der Waals surface area contributed by atoms with Crippen molar-refractivity contribution in [1.82, 2.24) is 0 Å². The van der Waals surface area contributed by atoms with Crippen LogP contribution in [0.5, 0.6) is 0 Å². The lowest BCUT2D eigenvalue weighted by Crippen LogP contribution is -1.96. The van der Waals surface area contributed by atoms with Crippen molar-refractivity contribution in [2.45, 2.75) is 0 Å². The minimum atomic E-state index is -1.53. The Balaban J connectivity index is 0.000001000. The number of nitrogen functional groups attached to an aromatic ring is 1. The predicted octanol–water partition coefficient (Wildman–Crippen LogP) is 2.11. The second kappa shape index (κ2) is 3.48. The molecule has 0 aliphatic rings. The molecular formula is C6H5ClF3N. The van der Waals surface area contributed by atoms with Crippen LogP contribution in [0.25, 0.3) is 0 Å². The first-order valence-electron chi connectivity index (χ1n) is 2.52. The zero-order valence-electron chi connectivity index (χ0n) is 5.27. The van der Waals surface area contributed by atoms with Crippen LogP contribution in [0.15, 0.2) is 12.1 Å². The zero-order chi connectivity index (χ0) is 7.72. The van der Waals surface area contributed by atoms with E-state index in [9.17, 15) is 13.2 Å². The molecule has 0 aliphatic heterocycles. The van der Waals surface area contributed by atoms with Gasteiger partial charge in [-0.05, 0) is 12.1 Å². The third kappa shape index (κ3) is 1.77. The summed E-state index contributed by atoms with van der Waals surface area (Å²) in [4.78, 5) is 0. The van der Waals surface area contributed by atoms with Gasteiger partial charge in [-0.3, -0.25) is 0 Å². The summed E-state index contributed by atoms with van der Waals surface area (Å²) in [5.74, 6) is -4.09. The molecule has 1 aromatic carbocycles.